The van der Waals surface area contributed by atoms with Crippen LogP contribution in [0.1, 0.15) is 17.5 Å². The number of benzene rings is 3. The second-order valence-electron chi connectivity index (χ2n) is 8.92. The lowest BCUT2D eigenvalue weighted by Gasteiger charge is -2.19. The first-order chi connectivity index (χ1) is 16.0. The molecule has 0 spiro atoms. The zero-order valence-electron chi connectivity index (χ0n) is 17.5. The minimum absolute atomic E-state index is 0.174. The summed E-state index contributed by atoms with van der Waals surface area (Å²) < 4.78 is 0. The summed E-state index contributed by atoms with van der Waals surface area (Å²) in [5.74, 6) is 2.05. The van der Waals surface area contributed by atoms with E-state index in [2.05, 4.69) is 48.5 Å². The minimum Gasteiger partial charge on any atom is -0.258 e. The maximum atomic E-state index is 11.7. The first-order valence-electron chi connectivity index (χ1n) is 11.0. The van der Waals surface area contributed by atoms with Gasteiger partial charge in [0.2, 0.25) is 0 Å². The second kappa shape index (κ2) is 7.56. The second-order valence-corrected chi connectivity index (χ2v) is 10.1. The van der Waals surface area contributed by atoms with Crippen LogP contribution < -0.4 is 0 Å². The number of allylic oxidation sites excluding steroid dienone is 1. The molecule has 6 nitrogen and oxygen atoms in total. The van der Waals surface area contributed by atoms with Crippen molar-refractivity contribution in [2.75, 3.05) is 0 Å². The Hall–Kier alpha value is -3.45. The fourth-order valence-corrected chi connectivity index (χ4v) is 7.71. The summed E-state index contributed by atoms with van der Waals surface area (Å²) in [5, 5.41) is 23.0. The molecule has 0 radical (unpaired) electrons. The van der Waals surface area contributed by atoms with E-state index in [1.165, 1.54) is 40.1 Å². The van der Waals surface area contributed by atoms with Crippen LogP contribution in [0.5, 0.6) is 0 Å². The third-order valence-electron chi connectivity index (χ3n) is 7.32. The van der Waals surface area contributed by atoms with Crippen LogP contribution in [-0.4, -0.2) is 15.1 Å². The highest BCUT2D eigenvalue weighted by Gasteiger charge is 2.72. The van der Waals surface area contributed by atoms with Crippen molar-refractivity contribution in [3.63, 3.8) is 0 Å². The van der Waals surface area contributed by atoms with Crippen molar-refractivity contribution in [2.45, 2.75) is 16.6 Å². The van der Waals surface area contributed by atoms with Gasteiger partial charge >= 0.3 is 0 Å². The lowest BCUT2D eigenvalue weighted by atomic mass is 9.89. The number of nitrogens with zero attached hydrogens (tertiary/aromatic N) is 2. The van der Waals surface area contributed by atoms with E-state index in [4.69, 9.17) is 0 Å². The molecule has 7 heteroatoms. The van der Waals surface area contributed by atoms with Crippen molar-refractivity contribution in [3.8, 4) is 0 Å². The number of nitro groups is 2. The molecular weight excluding hydrogens is 436 g/mol. The van der Waals surface area contributed by atoms with E-state index in [0.29, 0.717) is 28.6 Å². The quantitative estimate of drug-likeness (QED) is 0.318. The molecule has 0 amide bonds. The molecule has 3 aromatic rings. The molecule has 4 saturated carbocycles. The highest BCUT2D eigenvalue weighted by atomic mass is 32.2. The van der Waals surface area contributed by atoms with Crippen LogP contribution >= 0.6 is 11.8 Å². The first kappa shape index (κ1) is 20.2. The maximum Gasteiger partial charge on any atom is 0.289 e. The third-order valence-corrected chi connectivity index (χ3v) is 8.83. The molecule has 4 aliphatic carbocycles. The standard InChI is InChI=1S/C26H20N2O4S/c29-27(30)17-11-12-21(20(13-17)28(31)32)33-26-19-14-18-23(25(18)26)24(19)22(15-7-3-1-4-8-15)16-9-5-2-6-10-16/h1-13,18-19,23,25-26H,14H2/t18-,19+,23?,25?,26+/m0/s1. The van der Waals surface area contributed by atoms with E-state index in [9.17, 15) is 20.2 Å². The van der Waals surface area contributed by atoms with Crippen LogP contribution in [0, 0.1) is 43.9 Å². The van der Waals surface area contributed by atoms with Gasteiger partial charge in [0.1, 0.15) is 0 Å². The molecule has 0 aromatic heterocycles. The molecule has 0 aliphatic heterocycles. The smallest absolute Gasteiger partial charge is 0.258 e. The van der Waals surface area contributed by atoms with Crippen molar-refractivity contribution in [1.82, 2.24) is 0 Å². The zero-order valence-corrected chi connectivity index (χ0v) is 18.4. The summed E-state index contributed by atoms with van der Waals surface area (Å²) in [6.45, 7) is 0. The summed E-state index contributed by atoms with van der Waals surface area (Å²) >= 11 is 1.54. The monoisotopic (exact) mass is 456 g/mol. The molecule has 0 heterocycles. The molecular formula is C26H20N2O4S. The molecule has 164 valence electrons. The van der Waals surface area contributed by atoms with Gasteiger partial charge in [0.15, 0.2) is 0 Å². The van der Waals surface area contributed by atoms with Crippen LogP contribution in [0.3, 0.4) is 0 Å². The number of hydrogen-bond acceptors (Lipinski definition) is 5. The number of non-ortho nitro benzene ring substituents is 1. The molecule has 4 fully saturated rings. The van der Waals surface area contributed by atoms with Crippen molar-refractivity contribution in [2.24, 2.45) is 23.7 Å². The average molecular weight is 457 g/mol. The lowest BCUT2D eigenvalue weighted by molar-refractivity contribution is -0.396. The van der Waals surface area contributed by atoms with Gasteiger partial charge in [0.05, 0.1) is 20.8 Å². The molecule has 2 unspecified atom stereocenters. The summed E-state index contributed by atoms with van der Waals surface area (Å²) in [4.78, 5) is 22.2. The topological polar surface area (TPSA) is 86.3 Å². The molecule has 4 aliphatic rings. The maximum absolute atomic E-state index is 11.7. The van der Waals surface area contributed by atoms with Gasteiger partial charge in [-0.3, -0.25) is 20.2 Å². The van der Waals surface area contributed by atoms with Gasteiger partial charge < -0.3 is 0 Å². The van der Waals surface area contributed by atoms with Crippen molar-refractivity contribution >= 4 is 28.7 Å². The predicted octanol–water partition coefficient (Wildman–Crippen LogP) is 6.36. The number of hydrogen-bond donors (Lipinski definition) is 0. The lowest BCUT2D eigenvalue weighted by Crippen LogP contribution is -2.10. The van der Waals surface area contributed by atoms with E-state index >= 15 is 0 Å². The van der Waals surface area contributed by atoms with Crippen LogP contribution in [0.2, 0.25) is 0 Å². The number of thioether (sulfide) groups is 1. The minimum atomic E-state index is -0.586. The Morgan fingerprint density at radius 1 is 0.848 bits per heavy atom. The Balaban J connectivity index is 1.41. The van der Waals surface area contributed by atoms with Gasteiger partial charge in [-0.1, -0.05) is 66.2 Å². The normalized spacial score (nSPS) is 26.3. The van der Waals surface area contributed by atoms with E-state index in [0.717, 1.165) is 12.5 Å². The van der Waals surface area contributed by atoms with Gasteiger partial charge in [-0.05, 0) is 52.9 Å². The highest BCUT2D eigenvalue weighted by molar-refractivity contribution is 8.00. The molecule has 0 N–H and O–H groups in total. The molecule has 33 heavy (non-hydrogen) atoms. The Morgan fingerprint density at radius 2 is 1.48 bits per heavy atom. The van der Waals surface area contributed by atoms with E-state index in [-0.39, 0.29) is 16.6 Å². The Kier molecular flexibility index (Phi) is 4.62. The molecule has 7 rings (SSSR count). The number of rotatable bonds is 6. The van der Waals surface area contributed by atoms with Gasteiger partial charge in [-0.15, -0.1) is 11.8 Å². The Bertz CT molecular complexity index is 1270. The number of nitro benzene ring substituents is 2. The fraction of sp³-hybridized carbons (Fsp3) is 0.231. The molecule has 3 aromatic carbocycles. The largest absolute Gasteiger partial charge is 0.289 e. The van der Waals surface area contributed by atoms with E-state index < -0.39 is 9.85 Å². The average Bonchev–Trinajstić information content (AvgIpc) is 3.07. The Labute approximate surface area is 194 Å². The summed E-state index contributed by atoms with van der Waals surface area (Å²) in [6, 6.07) is 24.9. The summed E-state index contributed by atoms with van der Waals surface area (Å²) in [7, 11) is 0. The van der Waals surface area contributed by atoms with Crippen LogP contribution in [-0.2, 0) is 0 Å². The van der Waals surface area contributed by atoms with Crippen LogP contribution in [0.4, 0.5) is 11.4 Å². The predicted molar refractivity (Wildman–Crippen MR) is 127 cm³/mol. The van der Waals surface area contributed by atoms with Crippen LogP contribution in [0.25, 0.3) is 5.57 Å². The van der Waals surface area contributed by atoms with Gasteiger partial charge in [-0.2, -0.15) is 0 Å². The van der Waals surface area contributed by atoms with Gasteiger partial charge in [0, 0.05) is 11.3 Å². The van der Waals surface area contributed by atoms with Gasteiger partial charge in [0.25, 0.3) is 11.4 Å². The molecule has 5 atom stereocenters. The molecule has 4 bridgehead atoms. The van der Waals surface area contributed by atoms with E-state index in [1.54, 1.807) is 6.07 Å². The van der Waals surface area contributed by atoms with Crippen molar-refractivity contribution in [1.29, 1.82) is 0 Å². The van der Waals surface area contributed by atoms with Gasteiger partial charge in [-0.25, -0.2) is 0 Å². The third kappa shape index (κ3) is 3.18. The first-order valence-corrected chi connectivity index (χ1v) is 11.9. The summed E-state index contributed by atoms with van der Waals surface area (Å²) in [6.07, 6.45) is 1.12. The Morgan fingerprint density at radius 3 is 2.03 bits per heavy atom. The highest BCUT2D eigenvalue weighted by Crippen LogP contribution is 2.77. The zero-order chi connectivity index (χ0) is 22.7. The van der Waals surface area contributed by atoms with E-state index in [1.807, 2.05) is 12.1 Å². The summed E-state index contributed by atoms with van der Waals surface area (Å²) in [5.41, 5.74) is 4.79. The van der Waals surface area contributed by atoms with Crippen molar-refractivity contribution < 1.29 is 9.85 Å². The fourth-order valence-electron chi connectivity index (χ4n) is 6.07. The SMILES string of the molecule is O=[N+]([O-])c1ccc(S[C@H]2C3C4C(=C(c5ccccc5)c5ccccc5)[C@H]2C[C@@H]43)c([N+](=O)[O-])c1. The van der Waals surface area contributed by atoms with Crippen molar-refractivity contribution in [3.05, 3.63) is 116 Å². The molecule has 0 saturated heterocycles. The van der Waals surface area contributed by atoms with Crippen LogP contribution in [0.15, 0.2) is 89.3 Å².